The third-order valence-electron chi connectivity index (χ3n) is 2.82. The van der Waals surface area contributed by atoms with E-state index in [0.29, 0.717) is 5.56 Å². The Morgan fingerprint density at radius 3 is 3.00 bits per heavy atom. The molecule has 5 heteroatoms. The lowest BCUT2D eigenvalue weighted by Gasteiger charge is -1.99. The summed E-state index contributed by atoms with van der Waals surface area (Å²) in [4.78, 5) is 11.2. The molecule has 1 aromatic carbocycles. The van der Waals surface area contributed by atoms with Crippen LogP contribution in [-0.4, -0.2) is 15.7 Å². The molecule has 3 rings (SSSR count). The Hall–Kier alpha value is -2.56. The minimum atomic E-state index is -0.573. The standard InChI is InChI=1S/C13H11N3O2/c1-16-7-9-3-2-8(6-11(9)15-16)10-4-5-18-12(10)13(14)17/h2-7H,1H3,(H2,14,17). The van der Waals surface area contributed by atoms with Crippen molar-refractivity contribution in [2.45, 2.75) is 0 Å². The first kappa shape index (κ1) is 10.6. The molecule has 2 aromatic heterocycles. The molecule has 1 amide bonds. The lowest BCUT2D eigenvalue weighted by Crippen LogP contribution is -2.10. The molecule has 0 saturated heterocycles. The largest absolute Gasteiger partial charge is 0.459 e. The molecule has 18 heavy (non-hydrogen) atoms. The van der Waals surface area contributed by atoms with Gasteiger partial charge < -0.3 is 10.2 Å². The predicted octanol–water partition coefficient (Wildman–Crippen LogP) is 1.93. The fraction of sp³-hybridized carbons (Fsp3) is 0.0769. The fourth-order valence-electron chi connectivity index (χ4n) is 2.03. The van der Waals surface area contributed by atoms with Gasteiger partial charge in [0.1, 0.15) is 0 Å². The Balaban J connectivity index is 2.18. The van der Waals surface area contributed by atoms with Gasteiger partial charge in [-0.3, -0.25) is 9.48 Å². The molecule has 90 valence electrons. The van der Waals surface area contributed by atoms with Gasteiger partial charge >= 0.3 is 0 Å². The first-order chi connectivity index (χ1) is 8.65. The minimum absolute atomic E-state index is 0.172. The van der Waals surface area contributed by atoms with Crippen LogP contribution in [0.15, 0.2) is 41.1 Å². The quantitative estimate of drug-likeness (QED) is 0.745. The zero-order chi connectivity index (χ0) is 12.7. The summed E-state index contributed by atoms with van der Waals surface area (Å²) < 4.78 is 6.85. The number of nitrogens with zero attached hydrogens (tertiary/aromatic N) is 2. The topological polar surface area (TPSA) is 74.1 Å². The third-order valence-corrected chi connectivity index (χ3v) is 2.82. The maximum absolute atomic E-state index is 11.2. The lowest BCUT2D eigenvalue weighted by atomic mass is 10.0. The normalized spacial score (nSPS) is 10.9. The van der Waals surface area contributed by atoms with Crippen LogP contribution in [0.3, 0.4) is 0 Å². The van der Waals surface area contributed by atoms with Crippen molar-refractivity contribution in [3.8, 4) is 11.1 Å². The zero-order valence-electron chi connectivity index (χ0n) is 9.75. The van der Waals surface area contributed by atoms with E-state index in [4.69, 9.17) is 10.2 Å². The van der Waals surface area contributed by atoms with E-state index in [1.807, 2.05) is 31.4 Å². The van der Waals surface area contributed by atoms with E-state index in [1.165, 1.54) is 6.26 Å². The molecule has 5 nitrogen and oxygen atoms in total. The second kappa shape index (κ2) is 3.73. The highest BCUT2D eigenvalue weighted by molar-refractivity contribution is 5.98. The van der Waals surface area contributed by atoms with Crippen LogP contribution < -0.4 is 5.73 Å². The number of furan rings is 1. The van der Waals surface area contributed by atoms with Gasteiger partial charge in [0.2, 0.25) is 0 Å². The molecular weight excluding hydrogens is 230 g/mol. The number of benzene rings is 1. The second-order valence-electron chi connectivity index (χ2n) is 4.10. The third kappa shape index (κ3) is 1.57. The van der Waals surface area contributed by atoms with Crippen LogP contribution in [0, 0.1) is 0 Å². The number of amides is 1. The summed E-state index contributed by atoms with van der Waals surface area (Å²) in [6, 6.07) is 7.51. The monoisotopic (exact) mass is 241 g/mol. The molecule has 0 aliphatic carbocycles. The van der Waals surface area contributed by atoms with E-state index in [9.17, 15) is 4.79 Å². The first-order valence-corrected chi connectivity index (χ1v) is 5.46. The van der Waals surface area contributed by atoms with Gasteiger partial charge in [0.25, 0.3) is 5.91 Å². The molecule has 2 heterocycles. The molecule has 0 aliphatic heterocycles. The van der Waals surface area contributed by atoms with E-state index >= 15 is 0 Å². The van der Waals surface area contributed by atoms with Gasteiger partial charge in [-0.15, -0.1) is 0 Å². The molecule has 0 atom stereocenters. The Morgan fingerprint density at radius 2 is 2.22 bits per heavy atom. The van der Waals surface area contributed by atoms with Gasteiger partial charge in [0.15, 0.2) is 5.76 Å². The number of carbonyl (C=O) groups excluding carboxylic acids is 1. The summed E-state index contributed by atoms with van der Waals surface area (Å²) >= 11 is 0. The Labute approximate surface area is 103 Å². The molecule has 0 radical (unpaired) electrons. The summed E-state index contributed by atoms with van der Waals surface area (Å²) in [5.41, 5.74) is 7.68. The highest BCUT2D eigenvalue weighted by Crippen LogP contribution is 2.27. The average Bonchev–Trinajstić information content (AvgIpc) is 2.91. The molecule has 0 unspecified atom stereocenters. The fourth-order valence-corrected chi connectivity index (χ4v) is 2.03. The van der Waals surface area contributed by atoms with Crippen molar-refractivity contribution in [3.05, 3.63) is 42.5 Å². The number of hydrogen-bond acceptors (Lipinski definition) is 3. The molecule has 0 spiro atoms. The number of carbonyl (C=O) groups is 1. The van der Waals surface area contributed by atoms with Crippen molar-refractivity contribution in [1.82, 2.24) is 9.78 Å². The molecule has 0 saturated carbocycles. The highest BCUT2D eigenvalue weighted by Gasteiger charge is 2.14. The smallest absolute Gasteiger partial charge is 0.285 e. The number of aryl methyl sites for hydroxylation is 1. The predicted molar refractivity (Wildman–Crippen MR) is 66.9 cm³/mol. The SMILES string of the molecule is Cn1cc2ccc(-c3ccoc3C(N)=O)cc2n1. The molecule has 3 aromatic rings. The van der Waals surface area contributed by atoms with Gasteiger partial charge in [-0.2, -0.15) is 5.10 Å². The van der Waals surface area contributed by atoms with Crippen molar-refractivity contribution >= 4 is 16.8 Å². The van der Waals surface area contributed by atoms with E-state index in [0.717, 1.165) is 16.5 Å². The maximum atomic E-state index is 11.2. The summed E-state index contributed by atoms with van der Waals surface area (Å²) in [7, 11) is 1.87. The Bertz CT molecular complexity index is 740. The van der Waals surface area contributed by atoms with Gasteiger partial charge in [0, 0.05) is 24.2 Å². The van der Waals surface area contributed by atoms with Crippen molar-refractivity contribution in [3.63, 3.8) is 0 Å². The van der Waals surface area contributed by atoms with Crippen molar-refractivity contribution < 1.29 is 9.21 Å². The zero-order valence-corrected chi connectivity index (χ0v) is 9.75. The number of primary amides is 1. The Morgan fingerprint density at radius 1 is 1.39 bits per heavy atom. The van der Waals surface area contributed by atoms with E-state index in [-0.39, 0.29) is 5.76 Å². The maximum Gasteiger partial charge on any atom is 0.285 e. The van der Waals surface area contributed by atoms with E-state index in [1.54, 1.807) is 10.7 Å². The van der Waals surface area contributed by atoms with E-state index < -0.39 is 5.91 Å². The van der Waals surface area contributed by atoms with Crippen LogP contribution in [0.5, 0.6) is 0 Å². The van der Waals surface area contributed by atoms with Gasteiger partial charge in [-0.25, -0.2) is 0 Å². The van der Waals surface area contributed by atoms with Crippen LogP contribution in [0.4, 0.5) is 0 Å². The minimum Gasteiger partial charge on any atom is -0.459 e. The molecule has 0 fully saturated rings. The number of aromatic nitrogens is 2. The second-order valence-corrected chi connectivity index (χ2v) is 4.10. The van der Waals surface area contributed by atoms with Crippen molar-refractivity contribution in [1.29, 1.82) is 0 Å². The first-order valence-electron chi connectivity index (χ1n) is 5.46. The number of nitrogens with two attached hydrogens (primary N) is 1. The number of rotatable bonds is 2. The molecule has 0 bridgehead atoms. The van der Waals surface area contributed by atoms with Gasteiger partial charge in [-0.1, -0.05) is 12.1 Å². The van der Waals surface area contributed by atoms with Crippen LogP contribution in [-0.2, 0) is 7.05 Å². The highest BCUT2D eigenvalue weighted by atomic mass is 16.3. The number of hydrogen-bond donors (Lipinski definition) is 1. The summed E-state index contributed by atoms with van der Waals surface area (Å²) in [6.45, 7) is 0. The summed E-state index contributed by atoms with van der Waals surface area (Å²) in [5, 5.41) is 5.37. The lowest BCUT2D eigenvalue weighted by molar-refractivity contribution is 0.0975. The summed E-state index contributed by atoms with van der Waals surface area (Å²) in [5.74, 6) is -0.401. The van der Waals surface area contributed by atoms with Crippen LogP contribution in [0.25, 0.3) is 22.0 Å². The van der Waals surface area contributed by atoms with Crippen molar-refractivity contribution in [2.75, 3.05) is 0 Å². The van der Waals surface area contributed by atoms with E-state index in [2.05, 4.69) is 5.10 Å². The van der Waals surface area contributed by atoms with Crippen LogP contribution in [0.1, 0.15) is 10.6 Å². The van der Waals surface area contributed by atoms with Crippen LogP contribution >= 0.6 is 0 Å². The van der Waals surface area contributed by atoms with Crippen molar-refractivity contribution in [2.24, 2.45) is 12.8 Å². The van der Waals surface area contributed by atoms with Gasteiger partial charge in [-0.05, 0) is 17.7 Å². The van der Waals surface area contributed by atoms with Crippen LogP contribution in [0.2, 0.25) is 0 Å². The summed E-state index contributed by atoms with van der Waals surface area (Å²) in [6.07, 6.45) is 3.39. The molecule has 2 N–H and O–H groups in total. The average molecular weight is 241 g/mol. The number of fused-ring (bicyclic) bond motifs is 1. The Kier molecular flexibility index (Phi) is 2.19. The molecule has 0 aliphatic rings. The van der Waals surface area contributed by atoms with Gasteiger partial charge in [0.05, 0.1) is 11.8 Å². The molecular formula is C13H11N3O2.